The molecule has 0 radical (unpaired) electrons. The summed E-state index contributed by atoms with van der Waals surface area (Å²) in [6, 6.07) is 4.07. The van der Waals surface area contributed by atoms with Crippen LogP contribution in [0.1, 0.15) is 38.3 Å². The monoisotopic (exact) mass is 379 g/mol. The van der Waals surface area contributed by atoms with E-state index in [0.29, 0.717) is 12.5 Å². The number of ether oxygens (including phenoxy) is 1. The third kappa shape index (κ3) is 7.22. The van der Waals surface area contributed by atoms with Crippen molar-refractivity contribution >= 4 is 11.9 Å². The maximum absolute atomic E-state index is 12.0. The van der Waals surface area contributed by atoms with Gasteiger partial charge < -0.3 is 25.1 Å². The van der Waals surface area contributed by atoms with Crippen molar-refractivity contribution in [2.75, 3.05) is 46.4 Å². The molecule has 152 valence electrons. The molecule has 27 heavy (non-hydrogen) atoms. The van der Waals surface area contributed by atoms with Crippen molar-refractivity contribution in [3.05, 3.63) is 23.7 Å². The molecule has 0 bridgehead atoms. The van der Waals surface area contributed by atoms with Crippen LogP contribution >= 0.6 is 0 Å². The van der Waals surface area contributed by atoms with E-state index in [1.165, 1.54) is 0 Å². The predicted octanol–water partition coefficient (Wildman–Crippen LogP) is 1.04. The molecule has 1 aliphatic heterocycles. The molecule has 2 rings (SSSR count). The predicted molar refractivity (Wildman–Crippen MR) is 106 cm³/mol. The normalized spacial score (nSPS) is 17.4. The van der Waals surface area contributed by atoms with Crippen molar-refractivity contribution in [3.63, 3.8) is 0 Å². The molecular weight excluding hydrogens is 346 g/mol. The quantitative estimate of drug-likeness (QED) is 0.505. The molecule has 8 nitrogen and oxygen atoms in total. The number of hydrogen-bond donors (Lipinski definition) is 3. The Morgan fingerprint density at radius 2 is 1.96 bits per heavy atom. The first-order valence-electron chi connectivity index (χ1n) is 9.42. The van der Waals surface area contributed by atoms with Crippen LogP contribution in [0.25, 0.3) is 0 Å². The number of carbonyl (C=O) groups excluding carboxylic acids is 1. The van der Waals surface area contributed by atoms with Gasteiger partial charge in [0.05, 0.1) is 25.8 Å². The summed E-state index contributed by atoms with van der Waals surface area (Å²) in [6.45, 7) is 11.7. The lowest BCUT2D eigenvalue weighted by Crippen LogP contribution is -2.50. The Bertz CT molecular complexity index is 630. The summed E-state index contributed by atoms with van der Waals surface area (Å²) in [7, 11) is 1.69. The third-order valence-electron chi connectivity index (χ3n) is 4.19. The molecule has 1 aromatic rings. The molecular formula is C19H33N5O3. The van der Waals surface area contributed by atoms with Gasteiger partial charge in [0, 0.05) is 32.2 Å². The Morgan fingerprint density at radius 1 is 1.26 bits per heavy atom. The molecule has 1 atom stereocenters. The Labute approximate surface area is 161 Å². The van der Waals surface area contributed by atoms with Gasteiger partial charge in [-0.2, -0.15) is 0 Å². The second kappa shape index (κ2) is 9.75. The maximum Gasteiger partial charge on any atom is 0.239 e. The molecule has 2 heterocycles. The topological polar surface area (TPSA) is 91.1 Å². The van der Waals surface area contributed by atoms with Crippen LogP contribution < -0.4 is 16.0 Å². The van der Waals surface area contributed by atoms with Gasteiger partial charge in [-0.3, -0.25) is 14.7 Å². The van der Waals surface area contributed by atoms with Gasteiger partial charge >= 0.3 is 0 Å². The van der Waals surface area contributed by atoms with Crippen LogP contribution in [0.5, 0.6) is 0 Å². The van der Waals surface area contributed by atoms with E-state index < -0.39 is 0 Å². The van der Waals surface area contributed by atoms with Gasteiger partial charge in [-0.25, -0.2) is 0 Å². The fraction of sp³-hybridized carbons (Fsp3) is 0.684. The van der Waals surface area contributed by atoms with Crippen LogP contribution in [-0.2, 0) is 9.53 Å². The SMILES string of the molecule is CN=C(NCC(=O)NC(C)(C)C)NCC(c1ccc(C)o1)N1CCOCC1. The van der Waals surface area contributed by atoms with E-state index in [4.69, 9.17) is 9.15 Å². The van der Waals surface area contributed by atoms with Crippen molar-refractivity contribution in [2.24, 2.45) is 4.99 Å². The average molecular weight is 380 g/mol. The van der Waals surface area contributed by atoms with Crippen LogP contribution in [-0.4, -0.2) is 68.7 Å². The first kappa shape index (κ1) is 21.2. The van der Waals surface area contributed by atoms with Crippen LogP contribution in [0.2, 0.25) is 0 Å². The summed E-state index contributed by atoms with van der Waals surface area (Å²) in [5, 5.41) is 9.29. The van der Waals surface area contributed by atoms with Crippen molar-refractivity contribution in [3.8, 4) is 0 Å². The Kier molecular flexibility index (Phi) is 7.67. The van der Waals surface area contributed by atoms with E-state index in [9.17, 15) is 4.79 Å². The summed E-state index contributed by atoms with van der Waals surface area (Å²) in [6.07, 6.45) is 0. The van der Waals surface area contributed by atoms with E-state index in [2.05, 4.69) is 25.8 Å². The van der Waals surface area contributed by atoms with Crippen LogP contribution in [0.4, 0.5) is 0 Å². The summed E-state index contributed by atoms with van der Waals surface area (Å²) < 4.78 is 11.3. The van der Waals surface area contributed by atoms with E-state index in [0.717, 1.165) is 37.8 Å². The smallest absolute Gasteiger partial charge is 0.239 e. The Hall–Kier alpha value is -2.06. The molecule has 1 fully saturated rings. The summed E-state index contributed by atoms with van der Waals surface area (Å²) in [5.41, 5.74) is -0.256. The number of furan rings is 1. The largest absolute Gasteiger partial charge is 0.465 e. The van der Waals surface area contributed by atoms with Gasteiger partial charge in [-0.15, -0.1) is 0 Å². The second-order valence-corrected chi connectivity index (χ2v) is 7.72. The highest BCUT2D eigenvalue weighted by molar-refractivity contribution is 5.86. The minimum Gasteiger partial charge on any atom is -0.465 e. The first-order valence-corrected chi connectivity index (χ1v) is 9.42. The van der Waals surface area contributed by atoms with Gasteiger partial charge in [0.1, 0.15) is 11.5 Å². The molecule has 0 aliphatic carbocycles. The number of nitrogens with zero attached hydrogens (tertiary/aromatic N) is 2. The van der Waals surface area contributed by atoms with Crippen molar-refractivity contribution < 1.29 is 13.9 Å². The summed E-state index contributed by atoms with van der Waals surface area (Å²) in [4.78, 5) is 18.5. The highest BCUT2D eigenvalue weighted by Crippen LogP contribution is 2.23. The zero-order chi connectivity index (χ0) is 19.9. The van der Waals surface area contributed by atoms with E-state index >= 15 is 0 Å². The van der Waals surface area contributed by atoms with Gasteiger partial charge in [-0.1, -0.05) is 0 Å². The molecule has 1 aromatic heterocycles. The first-order chi connectivity index (χ1) is 12.8. The molecule has 1 unspecified atom stereocenters. The molecule has 0 spiro atoms. The average Bonchev–Trinajstić information content (AvgIpc) is 3.03. The standard InChI is InChI=1S/C19H33N5O3/c1-14-6-7-16(27-14)15(24-8-10-26-11-9-24)12-21-18(20-5)22-13-17(25)23-19(2,3)4/h6-7,15H,8-13H2,1-5H3,(H,23,25)(H2,20,21,22). The fourth-order valence-corrected chi connectivity index (χ4v) is 2.97. The molecule has 8 heteroatoms. The molecule has 1 saturated heterocycles. The van der Waals surface area contributed by atoms with Crippen LogP contribution in [0.15, 0.2) is 21.5 Å². The number of rotatable bonds is 6. The van der Waals surface area contributed by atoms with Crippen molar-refractivity contribution in [2.45, 2.75) is 39.3 Å². The number of carbonyl (C=O) groups is 1. The fourth-order valence-electron chi connectivity index (χ4n) is 2.97. The van der Waals surface area contributed by atoms with Gasteiger partial charge in [-0.05, 0) is 39.8 Å². The zero-order valence-corrected chi connectivity index (χ0v) is 17.1. The number of nitrogens with one attached hydrogen (secondary N) is 3. The summed E-state index contributed by atoms with van der Waals surface area (Å²) in [5.74, 6) is 2.32. The lowest BCUT2D eigenvalue weighted by Gasteiger charge is -2.33. The number of aliphatic imine (C=N–C) groups is 1. The Balaban J connectivity index is 1.93. The van der Waals surface area contributed by atoms with Gasteiger partial charge in [0.2, 0.25) is 5.91 Å². The number of amides is 1. The number of aryl methyl sites for hydroxylation is 1. The lowest BCUT2D eigenvalue weighted by atomic mass is 10.1. The number of morpholine rings is 1. The van der Waals surface area contributed by atoms with Crippen LogP contribution in [0, 0.1) is 6.92 Å². The minimum absolute atomic E-state index is 0.0724. The van der Waals surface area contributed by atoms with Crippen LogP contribution in [0.3, 0.4) is 0 Å². The van der Waals surface area contributed by atoms with Crippen molar-refractivity contribution in [1.82, 2.24) is 20.9 Å². The zero-order valence-electron chi connectivity index (χ0n) is 17.1. The molecule has 1 aliphatic rings. The Morgan fingerprint density at radius 3 is 2.52 bits per heavy atom. The summed E-state index contributed by atoms with van der Waals surface area (Å²) >= 11 is 0. The molecule has 0 aromatic carbocycles. The maximum atomic E-state index is 12.0. The van der Waals surface area contributed by atoms with E-state index in [1.54, 1.807) is 7.05 Å². The highest BCUT2D eigenvalue weighted by atomic mass is 16.5. The van der Waals surface area contributed by atoms with Gasteiger partial charge in [0.25, 0.3) is 0 Å². The van der Waals surface area contributed by atoms with E-state index in [1.807, 2.05) is 39.8 Å². The molecule has 1 amide bonds. The van der Waals surface area contributed by atoms with E-state index in [-0.39, 0.29) is 24.0 Å². The second-order valence-electron chi connectivity index (χ2n) is 7.72. The lowest BCUT2D eigenvalue weighted by molar-refractivity contribution is -0.121. The number of hydrogen-bond acceptors (Lipinski definition) is 5. The number of guanidine groups is 1. The molecule has 0 saturated carbocycles. The third-order valence-corrected chi connectivity index (χ3v) is 4.19. The van der Waals surface area contributed by atoms with Gasteiger partial charge in [0.15, 0.2) is 5.96 Å². The van der Waals surface area contributed by atoms with Crippen molar-refractivity contribution in [1.29, 1.82) is 0 Å². The minimum atomic E-state index is -0.256. The highest BCUT2D eigenvalue weighted by Gasteiger charge is 2.25. The molecule has 3 N–H and O–H groups in total.